The number of ether oxygens (including phenoxy) is 4. The van der Waals surface area contributed by atoms with Gasteiger partial charge in [0.1, 0.15) is 52.3 Å². The van der Waals surface area contributed by atoms with Crippen molar-refractivity contribution in [1.82, 2.24) is 36.8 Å². The van der Waals surface area contributed by atoms with Crippen molar-refractivity contribution in [3.8, 4) is 0 Å². The summed E-state index contributed by atoms with van der Waals surface area (Å²) in [4.78, 5) is 111. The number of hydrogen-bond donors (Lipinski definition) is 6. The van der Waals surface area contributed by atoms with Gasteiger partial charge in [0.25, 0.3) is 0 Å². The second kappa shape index (κ2) is 26.8. The van der Waals surface area contributed by atoms with E-state index in [1.165, 1.54) is 36.3 Å². The third-order valence-electron chi connectivity index (χ3n) is 11.1. The number of methoxy groups -OCH3 is 1. The van der Waals surface area contributed by atoms with Gasteiger partial charge in [0.05, 0.1) is 7.11 Å². The summed E-state index contributed by atoms with van der Waals surface area (Å²) in [6, 6.07) is 9.33. The highest BCUT2D eigenvalue weighted by Gasteiger charge is 2.46. The Bertz CT molecular complexity index is 2150. The van der Waals surface area contributed by atoms with E-state index in [9.17, 15) is 42.7 Å². The molecule has 1 aliphatic heterocycles. The average Bonchev–Trinajstić information content (AvgIpc) is 3.26. The summed E-state index contributed by atoms with van der Waals surface area (Å²) < 4.78 is 35.1. The van der Waals surface area contributed by atoms with Crippen LogP contribution in [0.5, 0.6) is 0 Å². The third-order valence-corrected chi connectivity index (χ3v) is 11.1. The molecular formula is C52H78FN7O12. The maximum atomic E-state index is 14.5. The molecule has 19 nitrogen and oxygen atoms in total. The lowest BCUT2D eigenvalue weighted by molar-refractivity contribution is -0.153. The van der Waals surface area contributed by atoms with Gasteiger partial charge in [-0.2, -0.15) is 0 Å². The van der Waals surface area contributed by atoms with Gasteiger partial charge in [-0.15, -0.1) is 0 Å². The van der Waals surface area contributed by atoms with Crippen LogP contribution in [0.25, 0.3) is 0 Å². The molecule has 0 aliphatic carbocycles. The number of halogens is 1. The fraction of sp³-hybridized carbons (Fsp3) is 0.615. The lowest BCUT2D eigenvalue weighted by Gasteiger charge is -2.41. The number of carbonyl (C=O) groups excluding carboxylic acids is 8. The van der Waals surface area contributed by atoms with Crippen molar-refractivity contribution in [3.63, 3.8) is 0 Å². The number of amides is 7. The minimum absolute atomic E-state index is 0.00569. The highest BCUT2D eigenvalue weighted by atomic mass is 19.1. The Morgan fingerprint density at radius 1 is 0.611 bits per heavy atom. The summed E-state index contributed by atoms with van der Waals surface area (Å²) in [7, 11) is 1.20. The van der Waals surface area contributed by atoms with Crippen LogP contribution in [0.1, 0.15) is 126 Å². The van der Waals surface area contributed by atoms with E-state index >= 15 is 0 Å². The van der Waals surface area contributed by atoms with Crippen LogP contribution >= 0.6 is 0 Å². The number of unbranched alkanes of at least 4 members (excludes halogenated alkanes) is 1. The summed E-state index contributed by atoms with van der Waals surface area (Å²) in [5.74, 6) is -4.00. The molecule has 3 rings (SSSR count). The molecule has 6 N–H and O–H groups in total. The van der Waals surface area contributed by atoms with Gasteiger partial charge in [0.2, 0.25) is 23.6 Å². The number of alkyl carbamates (subject to hydrolysis) is 3. The maximum absolute atomic E-state index is 14.5. The maximum Gasteiger partial charge on any atom is 0.408 e. The summed E-state index contributed by atoms with van der Waals surface area (Å²) in [6.45, 7) is 19.2. The van der Waals surface area contributed by atoms with Gasteiger partial charge in [-0.1, -0.05) is 56.3 Å². The van der Waals surface area contributed by atoms with Crippen molar-refractivity contribution in [2.45, 2.75) is 174 Å². The van der Waals surface area contributed by atoms with Crippen LogP contribution in [0, 0.1) is 11.7 Å². The monoisotopic (exact) mass is 1010 g/mol. The molecule has 0 saturated carbocycles. The topological polar surface area (TPSA) is 249 Å². The van der Waals surface area contributed by atoms with E-state index in [1.807, 2.05) is 13.8 Å². The summed E-state index contributed by atoms with van der Waals surface area (Å²) in [5.41, 5.74) is -2.79. The second-order valence-electron chi connectivity index (χ2n) is 21.5. The van der Waals surface area contributed by atoms with Crippen molar-refractivity contribution in [2.24, 2.45) is 5.92 Å². The van der Waals surface area contributed by atoms with Gasteiger partial charge in [0.15, 0.2) is 0 Å². The number of hydrogen-bond acceptors (Lipinski definition) is 12. The Kier molecular flexibility index (Phi) is 22.3. The number of benzene rings is 2. The Balaban J connectivity index is 1.92. The molecule has 7 amide bonds. The first-order chi connectivity index (χ1) is 33.5. The first-order valence-corrected chi connectivity index (χ1v) is 24.5. The summed E-state index contributed by atoms with van der Waals surface area (Å²) >= 11 is 0. The zero-order valence-corrected chi connectivity index (χ0v) is 44.1. The number of piperidine rings is 1. The molecule has 0 spiro atoms. The highest BCUT2D eigenvalue weighted by Crippen LogP contribution is 2.26. The molecule has 4 atom stereocenters. The number of likely N-dealkylation sites (tertiary alicyclic amines) is 1. The van der Waals surface area contributed by atoms with E-state index in [0.29, 0.717) is 24.0 Å². The number of nitrogens with zero attached hydrogens (tertiary/aromatic N) is 1. The van der Waals surface area contributed by atoms with Crippen LogP contribution in [0.3, 0.4) is 0 Å². The van der Waals surface area contributed by atoms with Crippen molar-refractivity contribution in [1.29, 1.82) is 0 Å². The minimum atomic E-state index is -1.49. The number of esters is 1. The number of carbonyl (C=O) groups is 8. The average molecular weight is 1010 g/mol. The molecule has 2 aromatic rings. The van der Waals surface area contributed by atoms with E-state index in [-0.39, 0.29) is 64.1 Å². The van der Waals surface area contributed by atoms with Gasteiger partial charge in [0, 0.05) is 32.5 Å². The molecule has 1 saturated heterocycles. The smallest absolute Gasteiger partial charge is 0.408 e. The normalized spacial score (nSPS) is 15.3. The Morgan fingerprint density at radius 2 is 1.08 bits per heavy atom. The predicted molar refractivity (Wildman–Crippen MR) is 267 cm³/mol. The van der Waals surface area contributed by atoms with Gasteiger partial charge in [-0.3, -0.25) is 19.2 Å². The van der Waals surface area contributed by atoms with Gasteiger partial charge in [-0.05, 0) is 130 Å². The lowest BCUT2D eigenvalue weighted by Crippen LogP contribution is -2.63. The fourth-order valence-electron chi connectivity index (χ4n) is 7.73. The van der Waals surface area contributed by atoms with Gasteiger partial charge >= 0.3 is 24.2 Å². The predicted octanol–water partition coefficient (Wildman–Crippen LogP) is 5.76. The molecule has 0 radical (unpaired) electrons. The summed E-state index contributed by atoms with van der Waals surface area (Å²) in [6.07, 6.45) is -1.48. The van der Waals surface area contributed by atoms with Gasteiger partial charge < -0.3 is 55.7 Å². The van der Waals surface area contributed by atoms with E-state index < -0.39 is 100 Å². The van der Waals surface area contributed by atoms with Crippen LogP contribution in [-0.2, 0) is 55.8 Å². The van der Waals surface area contributed by atoms with Gasteiger partial charge in [-0.25, -0.2) is 23.6 Å². The van der Waals surface area contributed by atoms with Crippen LogP contribution in [0.4, 0.5) is 18.8 Å². The molecule has 1 heterocycles. The van der Waals surface area contributed by atoms with Crippen LogP contribution in [-0.4, -0.2) is 126 Å². The lowest BCUT2D eigenvalue weighted by atomic mass is 9.87. The van der Waals surface area contributed by atoms with Crippen LogP contribution in [0.2, 0.25) is 0 Å². The highest BCUT2D eigenvalue weighted by molar-refractivity contribution is 5.96. The Labute approximate surface area is 423 Å². The fourth-order valence-corrected chi connectivity index (χ4v) is 7.73. The largest absolute Gasteiger partial charge is 0.467 e. The summed E-state index contributed by atoms with van der Waals surface area (Å²) in [5, 5.41) is 16.4. The standard InChI is InChI=1S/C52H78FN7O12/c1-33(2)30-38(56-42(62)39(31-34-18-14-13-15-19-34)57-43(63)40(58-47(67)71-50(6,7)8)32-35-21-23-36(53)24-22-35)41(61)55-37(20-16-17-27-54-46(66)70-49(3,4)5)44(64)60-28-25-52(26-29-60,45(65)69-12)59-48(68)72-51(9,10)11/h13-15,18-19,21-24,33,37-40H,16-17,20,25-32H2,1-12H3,(H,54,66)(H,55,61)(H,56,62)(H,57,63)(H,58,67)(H,59,68)/t37-,38-,39-,40-/m1/s1. The molecular weight excluding hydrogens is 934 g/mol. The number of rotatable bonds is 21. The first kappa shape index (κ1) is 59.8. The Hall–Kier alpha value is -6.47. The van der Waals surface area contributed by atoms with E-state index in [4.69, 9.17) is 18.9 Å². The zero-order chi connectivity index (χ0) is 54.0. The second-order valence-corrected chi connectivity index (χ2v) is 21.5. The molecule has 0 bridgehead atoms. The molecule has 0 unspecified atom stereocenters. The zero-order valence-electron chi connectivity index (χ0n) is 44.1. The van der Waals surface area contributed by atoms with Crippen molar-refractivity contribution >= 4 is 47.9 Å². The Morgan fingerprint density at radius 3 is 1.61 bits per heavy atom. The molecule has 1 aliphatic rings. The molecule has 20 heteroatoms. The van der Waals surface area contributed by atoms with Crippen molar-refractivity contribution < 1.29 is 61.7 Å². The molecule has 0 aromatic heterocycles. The van der Waals surface area contributed by atoms with Crippen LogP contribution in [0.15, 0.2) is 54.6 Å². The molecule has 72 heavy (non-hydrogen) atoms. The molecule has 400 valence electrons. The van der Waals surface area contributed by atoms with Crippen molar-refractivity contribution in [3.05, 3.63) is 71.5 Å². The quantitative estimate of drug-likeness (QED) is 0.0497. The SMILES string of the molecule is COC(=O)C1(NC(=O)OC(C)(C)C)CCN(C(=O)[C@@H](CCCCNC(=O)OC(C)(C)C)NC(=O)[C@@H](CC(C)C)NC(=O)[C@@H](Cc2ccccc2)NC(=O)[C@@H](Cc2ccc(F)cc2)NC(=O)OC(C)(C)C)CC1. The third kappa shape index (κ3) is 21.5. The molecule has 2 aromatic carbocycles. The van der Waals surface area contributed by atoms with E-state index in [2.05, 4.69) is 31.9 Å². The van der Waals surface area contributed by atoms with E-state index in [1.54, 1.807) is 92.6 Å². The van der Waals surface area contributed by atoms with Crippen molar-refractivity contribution in [2.75, 3.05) is 26.7 Å². The molecule has 1 fully saturated rings. The number of nitrogens with one attached hydrogen (secondary N) is 6. The first-order valence-electron chi connectivity index (χ1n) is 24.5. The van der Waals surface area contributed by atoms with Crippen LogP contribution < -0.4 is 31.9 Å². The van der Waals surface area contributed by atoms with E-state index in [0.717, 1.165) is 0 Å². The minimum Gasteiger partial charge on any atom is -0.467 e.